The molecule has 1 saturated heterocycles. The Morgan fingerprint density at radius 3 is 2.38 bits per heavy atom. The summed E-state index contributed by atoms with van der Waals surface area (Å²) in [7, 11) is 3.23. The first-order valence-electron chi connectivity index (χ1n) is 13.3. The second-order valence-corrected chi connectivity index (χ2v) is 10.2. The van der Waals surface area contributed by atoms with Crippen molar-refractivity contribution in [3.8, 4) is 28.6 Å². The Morgan fingerprint density at radius 2 is 1.74 bits per heavy atom. The van der Waals surface area contributed by atoms with Crippen LogP contribution in [0.2, 0.25) is 0 Å². The zero-order chi connectivity index (χ0) is 28.1. The number of benzene rings is 2. The number of carbonyl (C=O) groups is 1. The summed E-state index contributed by atoms with van der Waals surface area (Å²) in [4.78, 5) is 25.7. The number of para-hydroxylation sites is 1. The average molecular weight is 534 g/mol. The summed E-state index contributed by atoms with van der Waals surface area (Å²) >= 11 is 0. The molecular formula is C30H39N5O4. The smallest absolute Gasteiger partial charge is 0.231 e. The molecule has 2 aromatic carbocycles. The van der Waals surface area contributed by atoms with Crippen LogP contribution >= 0.6 is 0 Å². The number of rotatable bonds is 10. The topological polar surface area (TPSA) is 103 Å². The van der Waals surface area contributed by atoms with Crippen LogP contribution in [0.5, 0.6) is 17.2 Å². The molecule has 4 rings (SSSR count). The molecule has 2 heterocycles. The molecule has 0 spiro atoms. The number of ether oxygens (including phenoxy) is 3. The molecule has 1 aliphatic heterocycles. The lowest BCUT2D eigenvalue weighted by molar-refractivity contribution is -0.119. The molecule has 1 aliphatic rings. The van der Waals surface area contributed by atoms with Gasteiger partial charge in [-0.15, -0.1) is 0 Å². The predicted molar refractivity (Wildman–Crippen MR) is 153 cm³/mol. The van der Waals surface area contributed by atoms with Crippen molar-refractivity contribution in [3.63, 3.8) is 0 Å². The number of piperazine rings is 1. The summed E-state index contributed by atoms with van der Waals surface area (Å²) in [5.41, 5.74) is 10.3. The predicted octanol–water partition coefficient (Wildman–Crippen LogP) is 4.09. The summed E-state index contributed by atoms with van der Waals surface area (Å²) in [6.45, 7) is 11.8. The molecule has 0 unspecified atom stereocenters. The number of amides is 1. The highest BCUT2D eigenvalue weighted by atomic mass is 16.5. The fourth-order valence-corrected chi connectivity index (χ4v) is 4.81. The van der Waals surface area contributed by atoms with E-state index in [0.29, 0.717) is 56.0 Å². The average Bonchev–Trinajstić information content (AvgIpc) is 2.92. The third-order valence-electron chi connectivity index (χ3n) is 7.14. The number of nitrogens with zero attached hydrogens (tertiary/aromatic N) is 4. The number of methoxy groups -OCH3 is 2. The molecule has 1 aromatic heterocycles. The molecular weight excluding hydrogens is 494 g/mol. The molecule has 9 nitrogen and oxygen atoms in total. The number of anilines is 1. The van der Waals surface area contributed by atoms with Gasteiger partial charge in [0.2, 0.25) is 5.91 Å². The number of aromatic nitrogens is 2. The molecule has 208 valence electrons. The van der Waals surface area contributed by atoms with Crippen LogP contribution in [-0.2, 0) is 11.4 Å². The van der Waals surface area contributed by atoms with E-state index in [1.165, 1.54) is 5.56 Å². The largest absolute Gasteiger partial charge is 0.493 e. The van der Waals surface area contributed by atoms with Gasteiger partial charge in [-0.3, -0.25) is 9.69 Å². The van der Waals surface area contributed by atoms with Gasteiger partial charge in [-0.1, -0.05) is 32.0 Å². The van der Waals surface area contributed by atoms with E-state index < -0.39 is 0 Å². The Kier molecular flexibility index (Phi) is 8.91. The van der Waals surface area contributed by atoms with Crippen molar-refractivity contribution in [2.24, 2.45) is 5.73 Å². The molecule has 1 fully saturated rings. The molecule has 2 N–H and O–H groups in total. The molecule has 39 heavy (non-hydrogen) atoms. The van der Waals surface area contributed by atoms with Gasteiger partial charge >= 0.3 is 0 Å². The maximum atomic E-state index is 11.5. The second kappa shape index (κ2) is 12.3. The second-order valence-electron chi connectivity index (χ2n) is 10.2. The summed E-state index contributed by atoms with van der Waals surface area (Å²) in [5, 5.41) is 0. The van der Waals surface area contributed by atoms with Gasteiger partial charge in [0, 0.05) is 26.2 Å². The van der Waals surface area contributed by atoms with Gasteiger partial charge in [-0.05, 0) is 49.1 Å². The van der Waals surface area contributed by atoms with E-state index in [-0.39, 0.29) is 12.5 Å². The van der Waals surface area contributed by atoms with E-state index in [0.717, 1.165) is 34.0 Å². The Balaban J connectivity index is 1.72. The lowest BCUT2D eigenvalue weighted by Crippen LogP contribution is -2.49. The molecule has 1 amide bonds. The van der Waals surface area contributed by atoms with Crippen LogP contribution in [0.25, 0.3) is 11.4 Å². The molecule has 0 atom stereocenters. The van der Waals surface area contributed by atoms with E-state index in [9.17, 15) is 4.79 Å². The van der Waals surface area contributed by atoms with E-state index in [1.807, 2.05) is 25.1 Å². The van der Waals surface area contributed by atoms with Gasteiger partial charge in [0.05, 0.1) is 37.6 Å². The fraction of sp³-hybridized carbons (Fsp3) is 0.433. The van der Waals surface area contributed by atoms with Crippen LogP contribution in [0.3, 0.4) is 0 Å². The Bertz CT molecular complexity index is 1320. The van der Waals surface area contributed by atoms with Gasteiger partial charge in [0.15, 0.2) is 17.3 Å². The van der Waals surface area contributed by atoms with Gasteiger partial charge < -0.3 is 24.8 Å². The Labute approximate surface area is 230 Å². The normalized spacial score (nSPS) is 14.0. The van der Waals surface area contributed by atoms with Crippen molar-refractivity contribution in [3.05, 3.63) is 58.8 Å². The van der Waals surface area contributed by atoms with Crippen molar-refractivity contribution in [2.45, 2.75) is 40.2 Å². The molecule has 3 aromatic rings. The number of primary amides is 1. The van der Waals surface area contributed by atoms with Crippen LogP contribution < -0.4 is 24.8 Å². The van der Waals surface area contributed by atoms with E-state index >= 15 is 0 Å². The number of hydrogen-bond acceptors (Lipinski definition) is 8. The van der Waals surface area contributed by atoms with Crippen LogP contribution in [0.1, 0.15) is 42.1 Å². The van der Waals surface area contributed by atoms with Crippen molar-refractivity contribution >= 4 is 11.7 Å². The Morgan fingerprint density at radius 1 is 1.00 bits per heavy atom. The summed E-state index contributed by atoms with van der Waals surface area (Å²) in [6.07, 6.45) is 0. The van der Waals surface area contributed by atoms with Gasteiger partial charge in [0.1, 0.15) is 18.2 Å². The Hall–Kier alpha value is -3.85. The number of aryl methyl sites for hydroxylation is 2. The lowest BCUT2D eigenvalue weighted by Gasteiger charge is -2.36. The first kappa shape index (κ1) is 28.2. The van der Waals surface area contributed by atoms with Gasteiger partial charge in [-0.25, -0.2) is 9.97 Å². The molecule has 0 bridgehead atoms. The summed E-state index contributed by atoms with van der Waals surface area (Å²) in [5.74, 6) is 3.52. The molecule has 0 saturated carbocycles. The lowest BCUT2D eigenvalue weighted by atomic mass is 10.0. The minimum atomic E-state index is -0.318. The summed E-state index contributed by atoms with van der Waals surface area (Å²) in [6, 6.07) is 12.1. The quantitative estimate of drug-likeness (QED) is 0.416. The highest BCUT2D eigenvalue weighted by Crippen LogP contribution is 2.38. The standard InChI is InChI=1S/C30H39N5O4/c1-19(2)22-11-10-20(3)26(16-22)39-18-24-21(4)32-29(23-8-7-9-25(37-5)28(23)38-6)33-30(24)35-14-12-34(13-15-35)17-27(31)36/h7-11,16,19H,12-15,17-18H2,1-6H3,(H2,31,36). The van der Waals surface area contributed by atoms with Crippen LogP contribution in [0.15, 0.2) is 36.4 Å². The van der Waals surface area contributed by atoms with Crippen LogP contribution in [0, 0.1) is 13.8 Å². The number of nitrogens with two attached hydrogens (primary N) is 1. The third-order valence-corrected chi connectivity index (χ3v) is 7.14. The summed E-state index contributed by atoms with van der Waals surface area (Å²) < 4.78 is 17.6. The van der Waals surface area contributed by atoms with Crippen LogP contribution in [-0.4, -0.2) is 67.7 Å². The van der Waals surface area contributed by atoms with E-state index in [1.54, 1.807) is 14.2 Å². The number of hydrogen-bond donors (Lipinski definition) is 1. The van der Waals surface area contributed by atoms with Gasteiger partial charge in [0.25, 0.3) is 0 Å². The van der Waals surface area contributed by atoms with Gasteiger partial charge in [-0.2, -0.15) is 0 Å². The molecule has 0 radical (unpaired) electrons. The van der Waals surface area contributed by atoms with Crippen LogP contribution in [0.4, 0.5) is 5.82 Å². The highest BCUT2D eigenvalue weighted by molar-refractivity contribution is 5.76. The minimum absolute atomic E-state index is 0.254. The van der Waals surface area contributed by atoms with Crippen molar-refractivity contribution in [2.75, 3.05) is 51.8 Å². The maximum Gasteiger partial charge on any atom is 0.231 e. The van der Waals surface area contributed by atoms with Crippen molar-refractivity contribution in [1.82, 2.24) is 14.9 Å². The fourth-order valence-electron chi connectivity index (χ4n) is 4.81. The highest BCUT2D eigenvalue weighted by Gasteiger charge is 2.25. The minimum Gasteiger partial charge on any atom is -0.493 e. The third kappa shape index (κ3) is 6.42. The zero-order valence-corrected chi connectivity index (χ0v) is 23.8. The number of carbonyl (C=O) groups excluding carboxylic acids is 1. The van der Waals surface area contributed by atoms with E-state index in [4.69, 9.17) is 29.9 Å². The first-order valence-corrected chi connectivity index (χ1v) is 13.3. The molecule has 0 aliphatic carbocycles. The SMILES string of the molecule is COc1cccc(-c2nc(C)c(COc3cc(C(C)C)ccc3C)c(N3CCN(CC(N)=O)CC3)n2)c1OC. The van der Waals surface area contributed by atoms with Crippen molar-refractivity contribution < 1.29 is 19.0 Å². The monoisotopic (exact) mass is 533 g/mol. The first-order chi connectivity index (χ1) is 18.7. The van der Waals surface area contributed by atoms with E-state index in [2.05, 4.69) is 48.8 Å². The zero-order valence-electron chi connectivity index (χ0n) is 23.8. The van der Waals surface area contributed by atoms with Crippen molar-refractivity contribution in [1.29, 1.82) is 0 Å². The maximum absolute atomic E-state index is 11.5. The molecule has 9 heteroatoms.